The van der Waals surface area contributed by atoms with Crippen LogP contribution in [0.3, 0.4) is 0 Å². The van der Waals surface area contributed by atoms with E-state index in [1.807, 2.05) is 49.4 Å². The molecule has 1 amide bonds. The van der Waals surface area contributed by atoms with Crippen LogP contribution < -0.4 is 5.32 Å². The summed E-state index contributed by atoms with van der Waals surface area (Å²) in [4.78, 5) is 12.6. The van der Waals surface area contributed by atoms with Gasteiger partial charge in [0.05, 0.1) is 0 Å². The smallest absolute Gasteiger partial charge is 0.239 e. The molecule has 0 radical (unpaired) electrons. The predicted molar refractivity (Wildman–Crippen MR) is 77.3 cm³/mol. The van der Waals surface area contributed by atoms with E-state index >= 15 is 0 Å². The molecule has 2 aromatic carbocycles. The van der Waals surface area contributed by atoms with Gasteiger partial charge in [0.2, 0.25) is 5.91 Å². The SMILES string of the molecule is CCC1(c2ccccc2)C(=O)Nc2c(C)cccc21. The summed E-state index contributed by atoms with van der Waals surface area (Å²) in [6.45, 7) is 4.11. The molecule has 96 valence electrons. The van der Waals surface area contributed by atoms with E-state index in [4.69, 9.17) is 0 Å². The number of anilines is 1. The highest BCUT2D eigenvalue weighted by Crippen LogP contribution is 2.46. The first kappa shape index (κ1) is 12.0. The van der Waals surface area contributed by atoms with Gasteiger partial charge in [-0.15, -0.1) is 0 Å². The number of amides is 1. The quantitative estimate of drug-likeness (QED) is 0.867. The van der Waals surface area contributed by atoms with E-state index in [1.54, 1.807) is 0 Å². The van der Waals surface area contributed by atoms with Gasteiger partial charge in [-0.25, -0.2) is 0 Å². The fourth-order valence-corrected chi connectivity index (χ4v) is 3.10. The second kappa shape index (κ2) is 4.23. The van der Waals surface area contributed by atoms with Crippen LogP contribution in [0.15, 0.2) is 48.5 Å². The number of benzene rings is 2. The minimum atomic E-state index is -0.539. The van der Waals surface area contributed by atoms with Crippen molar-refractivity contribution in [1.29, 1.82) is 0 Å². The third-order valence-electron chi connectivity index (χ3n) is 4.16. The van der Waals surface area contributed by atoms with Gasteiger partial charge in [-0.3, -0.25) is 4.79 Å². The van der Waals surface area contributed by atoms with Gasteiger partial charge in [0, 0.05) is 5.69 Å². The topological polar surface area (TPSA) is 29.1 Å². The molecule has 2 nitrogen and oxygen atoms in total. The Morgan fingerprint density at radius 3 is 2.47 bits per heavy atom. The van der Waals surface area contributed by atoms with Crippen molar-refractivity contribution in [3.05, 3.63) is 65.2 Å². The molecule has 1 aliphatic heterocycles. The van der Waals surface area contributed by atoms with Crippen LogP contribution in [0.1, 0.15) is 30.0 Å². The Hall–Kier alpha value is -2.09. The molecule has 0 saturated carbocycles. The normalized spacial score (nSPS) is 21.1. The van der Waals surface area contributed by atoms with Crippen molar-refractivity contribution < 1.29 is 4.79 Å². The molecule has 0 fully saturated rings. The zero-order chi connectivity index (χ0) is 13.5. The first-order chi connectivity index (χ1) is 9.20. The van der Waals surface area contributed by atoms with Gasteiger partial charge in [-0.1, -0.05) is 55.5 Å². The Balaban J connectivity index is 2.29. The zero-order valence-corrected chi connectivity index (χ0v) is 11.2. The third-order valence-corrected chi connectivity index (χ3v) is 4.16. The Labute approximate surface area is 113 Å². The standard InChI is InChI=1S/C17H17NO/c1-3-17(13-9-5-4-6-10-13)14-11-7-8-12(2)15(14)18-16(17)19/h4-11H,3H2,1-2H3,(H,18,19). The summed E-state index contributed by atoms with van der Waals surface area (Å²) in [6, 6.07) is 16.2. The number of carbonyl (C=O) groups excluding carboxylic acids is 1. The van der Waals surface area contributed by atoms with Crippen LogP contribution in [0.2, 0.25) is 0 Å². The van der Waals surface area contributed by atoms with Crippen molar-refractivity contribution >= 4 is 11.6 Å². The maximum atomic E-state index is 12.6. The fraction of sp³-hybridized carbons (Fsp3) is 0.235. The lowest BCUT2D eigenvalue weighted by atomic mass is 9.73. The van der Waals surface area contributed by atoms with E-state index in [9.17, 15) is 4.79 Å². The first-order valence-corrected chi connectivity index (χ1v) is 6.67. The van der Waals surface area contributed by atoms with Crippen LogP contribution in [-0.4, -0.2) is 5.91 Å². The largest absolute Gasteiger partial charge is 0.324 e. The van der Waals surface area contributed by atoms with E-state index in [-0.39, 0.29) is 5.91 Å². The van der Waals surface area contributed by atoms with Crippen LogP contribution >= 0.6 is 0 Å². The summed E-state index contributed by atoms with van der Waals surface area (Å²) in [5.74, 6) is 0.0884. The first-order valence-electron chi connectivity index (χ1n) is 6.67. The lowest BCUT2D eigenvalue weighted by Gasteiger charge is -2.26. The number of rotatable bonds is 2. The lowest BCUT2D eigenvalue weighted by Crippen LogP contribution is -2.34. The fourth-order valence-electron chi connectivity index (χ4n) is 3.10. The Bertz CT molecular complexity index is 633. The van der Waals surface area contributed by atoms with Crippen molar-refractivity contribution in [2.75, 3.05) is 5.32 Å². The molecule has 19 heavy (non-hydrogen) atoms. The van der Waals surface area contributed by atoms with E-state index in [2.05, 4.69) is 18.3 Å². The Morgan fingerprint density at radius 1 is 1.05 bits per heavy atom. The molecule has 0 spiro atoms. The molecule has 0 aliphatic carbocycles. The highest BCUT2D eigenvalue weighted by atomic mass is 16.2. The van der Waals surface area contributed by atoms with Gasteiger partial charge in [0.25, 0.3) is 0 Å². The highest BCUT2D eigenvalue weighted by molar-refractivity contribution is 6.09. The number of para-hydroxylation sites is 1. The van der Waals surface area contributed by atoms with Gasteiger partial charge < -0.3 is 5.32 Å². The minimum Gasteiger partial charge on any atom is -0.324 e. The summed E-state index contributed by atoms with van der Waals surface area (Å²) >= 11 is 0. The molecule has 1 N–H and O–H groups in total. The van der Waals surface area contributed by atoms with Gasteiger partial charge >= 0.3 is 0 Å². The number of aryl methyl sites for hydroxylation is 1. The van der Waals surface area contributed by atoms with Crippen LogP contribution in [0, 0.1) is 6.92 Å². The molecule has 3 rings (SSSR count). The molecule has 0 saturated heterocycles. The molecular weight excluding hydrogens is 234 g/mol. The molecule has 2 heteroatoms. The lowest BCUT2D eigenvalue weighted by molar-refractivity contribution is -0.119. The highest BCUT2D eigenvalue weighted by Gasteiger charge is 2.46. The molecule has 2 aromatic rings. The second-order valence-electron chi connectivity index (χ2n) is 5.08. The maximum Gasteiger partial charge on any atom is 0.239 e. The average molecular weight is 251 g/mol. The van der Waals surface area contributed by atoms with Crippen LogP contribution in [-0.2, 0) is 10.2 Å². The van der Waals surface area contributed by atoms with Gasteiger partial charge in [0.1, 0.15) is 5.41 Å². The summed E-state index contributed by atoms with van der Waals surface area (Å²) in [6.07, 6.45) is 0.763. The summed E-state index contributed by atoms with van der Waals surface area (Å²) < 4.78 is 0. The summed E-state index contributed by atoms with van der Waals surface area (Å²) in [5.41, 5.74) is 3.74. The minimum absolute atomic E-state index is 0.0884. The second-order valence-corrected chi connectivity index (χ2v) is 5.08. The van der Waals surface area contributed by atoms with E-state index in [0.29, 0.717) is 0 Å². The number of carbonyl (C=O) groups is 1. The van der Waals surface area contributed by atoms with Gasteiger partial charge in [0.15, 0.2) is 0 Å². The number of nitrogens with one attached hydrogen (secondary N) is 1. The number of hydrogen-bond acceptors (Lipinski definition) is 1. The van der Waals surface area contributed by atoms with Gasteiger partial charge in [-0.05, 0) is 30.0 Å². The molecule has 1 heterocycles. The Morgan fingerprint density at radius 2 is 1.79 bits per heavy atom. The number of fused-ring (bicyclic) bond motifs is 1. The molecule has 1 aliphatic rings. The van der Waals surface area contributed by atoms with Crippen molar-refractivity contribution in [2.45, 2.75) is 25.7 Å². The van der Waals surface area contributed by atoms with Crippen LogP contribution in [0.5, 0.6) is 0 Å². The third kappa shape index (κ3) is 1.53. The van der Waals surface area contributed by atoms with E-state index < -0.39 is 5.41 Å². The molecule has 0 aromatic heterocycles. The zero-order valence-electron chi connectivity index (χ0n) is 11.2. The van der Waals surface area contributed by atoms with Gasteiger partial charge in [-0.2, -0.15) is 0 Å². The Kier molecular flexibility index (Phi) is 2.67. The van der Waals surface area contributed by atoms with Crippen molar-refractivity contribution in [3.8, 4) is 0 Å². The van der Waals surface area contributed by atoms with Crippen molar-refractivity contribution in [2.24, 2.45) is 0 Å². The predicted octanol–water partition coefficient (Wildman–Crippen LogP) is 3.64. The maximum absolute atomic E-state index is 12.6. The van der Waals surface area contributed by atoms with E-state index in [1.165, 1.54) is 0 Å². The average Bonchev–Trinajstić information content (AvgIpc) is 2.74. The van der Waals surface area contributed by atoms with Crippen molar-refractivity contribution in [3.63, 3.8) is 0 Å². The molecule has 1 unspecified atom stereocenters. The molecular formula is C17H17NO. The summed E-state index contributed by atoms with van der Waals surface area (Å²) in [7, 11) is 0. The monoisotopic (exact) mass is 251 g/mol. The number of hydrogen-bond donors (Lipinski definition) is 1. The van der Waals surface area contributed by atoms with E-state index in [0.717, 1.165) is 28.8 Å². The van der Waals surface area contributed by atoms with Crippen LogP contribution in [0.25, 0.3) is 0 Å². The van der Waals surface area contributed by atoms with Crippen molar-refractivity contribution in [1.82, 2.24) is 0 Å². The molecule has 1 atom stereocenters. The molecule has 0 bridgehead atoms. The van der Waals surface area contributed by atoms with Crippen LogP contribution in [0.4, 0.5) is 5.69 Å². The summed E-state index contributed by atoms with van der Waals surface area (Å²) in [5, 5.41) is 3.07.